The Labute approximate surface area is 101 Å². The van der Waals surface area contributed by atoms with Crippen LogP contribution in [0.15, 0.2) is 24.3 Å². The fourth-order valence-electron chi connectivity index (χ4n) is 2.27. The summed E-state index contributed by atoms with van der Waals surface area (Å²) in [7, 11) is 0. The maximum Gasteiger partial charge on any atom is 0.139 e. The molecule has 2 N–H and O–H groups in total. The van der Waals surface area contributed by atoms with Gasteiger partial charge in [-0.2, -0.15) is 0 Å². The van der Waals surface area contributed by atoms with Crippen molar-refractivity contribution in [1.82, 2.24) is 4.57 Å². The van der Waals surface area contributed by atoms with Crippen LogP contribution in [0.25, 0.3) is 10.9 Å². The Bertz CT molecular complexity index is 547. The molecule has 1 aromatic heterocycles. The number of hydrogen-bond donors (Lipinski definition) is 2. The number of rotatable bonds is 2. The molecular weight excluding hydrogens is 214 g/mol. The van der Waals surface area contributed by atoms with E-state index < -0.39 is 5.60 Å². The molecule has 0 aliphatic rings. The van der Waals surface area contributed by atoms with Gasteiger partial charge in [0.2, 0.25) is 0 Å². The molecule has 0 spiro atoms. The number of fused-ring (bicyclic) bond motifs is 1. The summed E-state index contributed by atoms with van der Waals surface area (Å²) in [5.41, 5.74) is 0.694. The number of para-hydroxylation sites is 1. The Morgan fingerprint density at radius 1 is 1.24 bits per heavy atom. The van der Waals surface area contributed by atoms with Crippen LogP contribution in [0.5, 0.6) is 5.75 Å². The monoisotopic (exact) mass is 233 g/mol. The molecule has 1 aromatic carbocycles. The van der Waals surface area contributed by atoms with Gasteiger partial charge in [-0.05, 0) is 39.8 Å². The van der Waals surface area contributed by atoms with Crippen molar-refractivity contribution in [2.24, 2.45) is 0 Å². The second-order valence-electron chi connectivity index (χ2n) is 5.27. The highest BCUT2D eigenvalue weighted by molar-refractivity contribution is 5.87. The van der Waals surface area contributed by atoms with E-state index >= 15 is 0 Å². The van der Waals surface area contributed by atoms with Crippen LogP contribution in [-0.2, 0) is 5.60 Å². The molecule has 0 fully saturated rings. The number of benzene rings is 1. The summed E-state index contributed by atoms with van der Waals surface area (Å²) in [5.74, 6) is 0.256. The van der Waals surface area contributed by atoms with Crippen LogP contribution >= 0.6 is 0 Å². The molecule has 2 aromatic rings. The summed E-state index contributed by atoms with van der Waals surface area (Å²) >= 11 is 0. The maximum atomic E-state index is 10.2. The third-order valence-electron chi connectivity index (χ3n) is 2.98. The van der Waals surface area contributed by atoms with E-state index in [2.05, 4.69) is 0 Å². The van der Waals surface area contributed by atoms with E-state index in [-0.39, 0.29) is 11.8 Å². The lowest BCUT2D eigenvalue weighted by Crippen LogP contribution is -2.21. The molecule has 0 unspecified atom stereocenters. The fraction of sp³-hybridized carbons (Fsp3) is 0.429. The van der Waals surface area contributed by atoms with E-state index in [0.29, 0.717) is 0 Å². The van der Waals surface area contributed by atoms with Crippen LogP contribution in [0.2, 0.25) is 0 Å². The van der Waals surface area contributed by atoms with Gasteiger partial charge in [0.25, 0.3) is 0 Å². The number of phenolic OH excluding ortho intramolecular Hbond substituents is 1. The smallest absolute Gasteiger partial charge is 0.139 e. The third-order valence-corrected chi connectivity index (χ3v) is 2.98. The van der Waals surface area contributed by atoms with Gasteiger partial charge < -0.3 is 14.8 Å². The molecule has 0 saturated carbocycles. The van der Waals surface area contributed by atoms with Crippen molar-refractivity contribution in [3.8, 4) is 5.75 Å². The molecule has 0 bridgehead atoms. The Morgan fingerprint density at radius 3 is 2.41 bits per heavy atom. The number of aromatic hydroxyl groups is 1. The Kier molecular flexibility index (Phi) is 2.66. The molecule has 92 valence electrons. The number of hydrogen-bond acceptors (Lipinski definition) is 2. The lowest BCUT2D eigenvalue weighted by molar-refractivity contribution is 0.0691. The van der Waals surface area contributed by atoms with Crippen molar-refractivity contribution in [2.75, 3.05) is 0 Å². The first kappa shape index (κ1) is 12.0. The molecule has 0 atom stereocenters. The summed E-state index contributed by atoms with van der Waals surface area (Å²) in [4.78, 5) is 0. The molecule has 3 heteroatoms. The fourth-order valence-corrected chi connectivity index (χ4v) is 2.27. The van der Waals surface area contributed by atoms with Crippen LogP contribution in [0, 0.1) is 0 Å². The van der Waals surface area contributed by atoms with E-state index in [1.165, 1.54) is 0 Å². The molecule has 0 amide bonds. The van der Waals surface area contributed by atoms with Gasteiger partial charge in [0.05, 0.1) is 16.8 Å². The van der Waals surface area contributed by atoms with Gasteiger partial charge in [0.15, 0.2) is 0 Å². The first-order valence-corrected chi connectivity index (χ1v) is 5.88. The lowest BCUT2D eigenvalue weighted by Gasteiger charge is -2.23. The van der Waals surface area contributed by atoms with Crippen molar-refractivity contribution >= 4 is 10.9 Å². The van der Waals surface area contributed by atoms with Crippen LogP contribution < -0.4 is 0 Å². The highest BCUT2D eigenvalue weighted by atomic mass is 16.3. The second-order valence-corrected chi connectivity index (χ2v) is 5.27. The average Bonchev–Trinajstić information content (AvgIpc) is 2.57. The van der Waals surface area contributed by atoms with Gasteiger partial charge in [-0.25, -0.2) is 0 Å². The molecular formula is C14H19NO2. The molecule has 0 radical (unpaired) electrons. The quantitative estimate of drug-likeness (QED) is 0.837. The minimum atomic E-state index is -0.921. The molecule has 0 saturated heterocycles. The number of phenols is 1. The van der Waals surface area contributed by atoms with E-state index in [1.807, 2.05) is 36.6 Å². The van der Waals surface area contributed by atoms with Crippen molar-refractivity contribution in [3.63, 3.8) is 0 Å². The zero-order valence-electron chi connectivity index (χ0n) is 10.7. The van der Waals surface area contributed by atoms with Crippen molar-refractivity contribution < 1.29 is 10.2 Å². The normalized spacial score (nSPS) is 12.6. The second kappa shape index (κ2) is 3.77. The van der Waals surface area contributed by atoms with Gasteiger partial charge in [-0.1, -0.05) is 12.1 Å². The SMILES string of the molecule is CC(C)n1c(C(C)(C)O)cc2cccc(O)c21. The first-order valence-electron chi connectivity index (χ1n) is 5.88. The van der Waals surface area contributed by atoms with Gasteiger partial charge in [0, 0.05) is 11.4 Å². The summed E-state index contributed by atoms with van der Waals surface area (Å²) in [6.07, 6.45) is 0. The molecule has 2 rings (SSSR count). The predicted molar refractivity (Wildman–Crippen MR) is 69.2 cm³/mol. The van der Waals surface area contributed by atoms with E-state index in [0.717, 1.165) is 16.6 Å². The minimum Gasteiger partial charge on any atom is -0.506 e. The Morgan fingerprint density at radius 2 is 1.88 bits per heavy atom. The van der Waals surface area contributed by atoms with Crippen molar-refractivity contribution in [2.45, 2.75) is 39.3 Å². The van der Waals surface area contributed by atoms with Crippen molar-refractivity contribution in [1.29, 1.82) is 0 Å². The predicted octanol–water partition coefficient (Wildman–Crippen LogP) is 3.16. The Hall–Kier alpha value is -1.48. The molecule has 3 nitrogen and oxygen atoms in total. The topological polar surface area (TPSA) is 45.4 Å². The van der Waals surface area contributed by atoms with Crippen molar-refractivity contribution in [3.05, 3.63) is 30.0 Å². The van der Waals surface area contributed by atoms with Crippen LogP contribution in [-0.4, -0.2) is 14.8 Å². The zero-order valence-corrected chi connectivity index (χ0v) is 10.7. The summed E-state index contributed by atoms with van der Waals surface area (Å²) < 4.78 is 1.99. The highest BCUT2D eigenvalue weighted by Gasteiger charge is 2.24. The van der Waals surface area contributed by atoms with Gasteiger partial charge in [0.1, 0.15) is 5.75 Å². The standard InChI is InChI=1S/C14H19NO2/c1-9(2)15-12(14(3,4)17)8-10-6-5-7-11(16)13(10)15/h5-9,16-17H,1-4H3. The summed E-state index contributed by atoms with van der Waals surface area (Å²) in [5, 5.41) is 21.1. The average molecular weight is 233 g/mol. The van der Waals surface area contributed by atoms with Gasteiger partial charge in [-0.3, -0.25) is 0 Å². The van der Waals surface area contributed by atoms with E-state index in [1.54, 1.807) is 19.9 Å². The number of nitrogens with zero attached hydrogens (tertiary/aromatic N) is 1. The highest BCUT2D eigenvalue weighted by Crippen LogP contribution is 2.35. The third kappa shape index (κ3) is 1.91. The molecule has 0 aliphatic heterocycles. The van der Waals surface area contributed by atoms with E-state index in [4.69, 9.17) is 0 Å². The lowest BCUT2D eigenvalue weighted by atomic mass is 10.1. The molecule has 0 aliphatic carbocycles. The summed E-state index contributed by atoms with van der Waals surface area (Å²) in [6.45, 7) is 7.61. The maximum absolute atomic E-state index is 10.2. The molecule has 1 heterocycles. The number of aliphatic hydroxyl groups is 1. The van der Waals surface area contributed by atoms with Crippen LogP contribution in [0.4, 0.5) is 0 Å². The van der Waals surface area contributed by atoms with Crippen LogP contribution in [0.1, 0.15) is 39.4 Å². The van der Waals surface area contributed by atoms with Gasteiger partial charge in [-0.15, -0.1) is 0 Å². The first-order chi connectivity index (χ1) is 7.82. The summed E-state index contributed by atoms with van der Waals surface area (Å²) in [6, 6.07) is 7.56. The zero-order chi connectivity index (χ0) is 12.8. The molecule has 17 heavy (non-hydrogen) atoms. The largest absolute Gasteiger partial charge is 0.506 e. The number of aromatic nitrogens is 1. The minimum absolute atomic E-state index is 0.183. The van der Waals surface area contributed by atoms with Crippen LogP contribution in [0.3, 0.4) is 0 Å². The van der Waals surface area contributed by atoms with Gasteiger partial charge >= 0.3 is 0 Å². The Balaban J connectivity index is 2.86. The van der Waals surface area contributed by atoms with E-state index in [9.17, 15) is 10.2 Å².